The van der Waals surface area contributed by atoms with Crippen molar-refractivity contribution in [2.24, 2.45) is 0 Å². The molecular formula is C19H30N2O2. The highest BCUT2D eigenvalue weighted by Crippen LogP contribution is 2.23. The summed E-state index contributed by atoms with van der Waals surface area (Å²) in [5.74, 6) is 0.203. The molecule has 0 aliphatic carbocycles. The van der Waals surface area contributed by atoms with Gasteiger partial charge in [0.25, 0.3) is 0 Å². The van der Waals surface area contributed by atoms with Crippen molar-refractivity contribution < 1.29 is 9.53 Å². The van der Waals surface area contributed by atoms with Crippen molar-refractivity contribution in [3.63, 3.8) is 0 Å². The van der Waals surface area contributed by atoms with E-state index in [0.29, 0.717) is 0 Å². The molecule has 0 saturated heterocycles. The van der Waals surface area contributed by atoms with E-state index < -0.39 is 0 Å². The van der Waals surface area contributed by atoms with Gasteiger partial charge in [0.05, 0.1) is 6.04 Å². The fraction of sp³-hybridized carbons (Fsp3) is 0.632. The summed E-state index contributed by atoms with van der Waals surface area (Å²) >= 11 is 0. The number of carbonyl (C=O) groups excluding carboxylic acids is 1. The lowest BCUT2D eigenvalue weighted by Crippen LogP contribution is -2.37. The molecule has 2 rings (SSSR count). The second kappa shape index (κ2) is 9.68. The zero-order valence-electron chi connectivity index (χ0n) is 14.5. The van der Waals surface area contributed by atoms with E-state index in [2.05, 4.69) is 30.5 Å². The maximum atomic E-state index is 12.7. The Bertz CT molecular complexity index is 502. The van der Waals surface area contributed by atoms with Crippen LogP contribution in [0.25, 0.3) is 0 Å². The molecule has 4 heteroatoms. The Balaban J connectivity index is 1.77. The first-order chi connectivity index (χ1) is 11.3. The van der Waals surface area contributed by atoms with Crippen LogP contribution < -0.4 is 10.6 Å². The molecule has 0 radical (unpaired) electrons. The van der Waals surface area contributed by atoms with Gasteiger partial charge in [0.1, 0.15) is 0 Å². The minimum Gasteiger partial charge on any atom is -0.384 e. The van der Waals surface area contributed by atoms with Crippen molar-refractivity contribution in [3.8, 4) is 0 Å². The number of fused-ring (bicyclic) bond motifs is 1. The fourth-order valence-electron chi connectivity index (χ4n) is 2.88. The molecule has 1 aliphatic rings. The number of unbranched alkanes of at least 4 members (excludes halogenated alkanes) is 1. The van der Waals surface area contributed by atoms with Crippen LogP contribution in [0.3, 0.4) is 0 Å². The molecule has 1 aromatic carbocycles. The van der Waals surface area contributed by atoms with Crippen LogP contribution >= 0.6 is 0 Å². The summed E-state index contributed by atoms with van der Waals surface area (Å²) < 4.78 is 5.55. The number of ether oxygens (including phenoxy) is 1. The maximum Gasteiger partial charge on any atom is 0.179 e. The number of carbonyl (C=O) groups is 1. The highest BCUT2D eigenvalue weighted by molar-refractivity contribution is 6.00. The van der Waals surface area contributed by atoms with Gasteiger partial charge in [0.15, 0.2) is 5.78 Å². The third kappa shape index (κ3) is 5.33. The molecule has 23 heavy (non-hydrogen) atoms. The molecule has 2 N–H and O–H groups in total. The van der Waals surface area contributed by atoms with Gasteiger partial charge in [-0.1, -0.05) is 20.3 Å². The van der Waals surface area contributed by atoms with E-state index in [0.717, 1.165) is 57.6 Å². The molecule has 1 aliphatic heterocycles. The Morgan fingerprint density at radius 3 is 2.91 bits per heavy atom. The molecule has 4 nitrogen and oxygen atoms in total. The van der Waals surface area contributed by atoms with Crippen LogP contribution in [-0.4, -0.2) is 38.1 Å². The summed E-state index contributed by atoms with van der Waals surface area (Å²) in [6.07, 6.45) is 5.06. The van der Waals surface area contributed by atoms with Gasteiger partial charge in [-0.3, -0.25) is 4.79 Å². The molecule has 0 bridgehead atoms. The van der Waals surface area contributed by atoms with Crippen LogP contribution in [-0.2, 0) is 11.2 Å². The van der Waals surface area contributed by atoms with Crippen molar-refractivity contribution in [1.82, 2.24) is 5.32 Å². The lowest BCUT2D eigenvalue weighted by molar-refractivity contribution is 0.0933. The Kier molecular flexibility index (Phi) is 7.56. The first-order valence-electron chi connectivity index (χ1n) is 8.98. The van der Waals surface area contributed by atoms with Gasteiger partial charge in [-0.05, 0) is 56.0 Å². The molecule has 1 unspecified atom stereocenters. The van der Waals surface area contributed by atoms with E-state index in [1.807, 2.05) is 12.1 Å². The number of Topliss-reactive ketones (excluding diaryl/α,β-unsaturated/α-hetero) is 1. The van der Waals surface area contributed by atoms with E-state index in [1.165, 1.54) is 17.7 Å². The first kappa shape index (κ1) is 18.0. The lowest BCUT2D eigenvalue weighted by atomic mass is 9.99. The summed E-state index contributed by atoms with van der Waals surface area (Å²) in [4.78, 5) is 12.7. The molecule has 1 atom stereocenters. The van der Waals surface area contributed by atoms with Crippen molar-refractivity contribution in [3.05, 3.63) is 29.3 Å². The second-order valence-corrected chi connectivity index (χ2v) is 6.15. The van der Waals surface area contributed by atoms with Crippen LogP contribution in [0, 0.1) is 0 Å². The predicted molar refractivity (Wildman–Crippen MR) is 95.4 cm³/mol. The van der Waals surface area contributed by atoms with Crippen LogP contribution in [0.5, 0.6) is 0 Å². The molecule has 1 aromatic rings. The van der Waals surface area contributed by atoms with E-state index in [1.54, 1.807) is 0 Å². The Morgan fingerprint density at radius 2 is 2.13 bits per heavy atom. The number of rotatable bonds is 11. The van der Waals surface area contributed by atoms with Gasteiger partial charge in [0, 0.05) is 31.0 Å². The topological polar surface area (TPSA) is 50.4 Å². The fourth-order valence-corrected chi connectivity index (χ4v) is 2.88. The standard InChI is InChI=1S/C19H30N2O2/c1-3-5-12-23-13-6-10-20-17(4-2)19(22)16-7-8-18-15(14-16)9-11-21-18/h7-8,14,17,20-21H,3-6,9-13H2,1-2H3. The first-order valence-corrected chi connectivity index (χ1v) is 8.98. The number of nitrogens with one attached hydrogen (secondary N) is 2. The van der Waals surface area contributed by atoms with Gasteiger partial charge >= 0.3 is 0 Å². The van der Waals surface area contributed by atoms with Crippen LogP contribution in [0.1, 0.15) is 55.5 Å². The second-order valence-electron chi connectivity index (χ2n) is 6.15. The number of ketones is 1. The predicted octanol–water partition coefficient (Wildman–Crippen LogP) is 3.41. The summed E-state index contributed by atoms with van der Waals surface area (Å²) in [7, 11) is 0. The quantitative estimate of drug-likeness (QED) is 0.485. The van der Waals surface area contributed by atoms with Crippen LogP contribution in [0.4, 0.5) is 5.69 Å². The summed E-state index contributed by atoms with van der Waals surface area (Å²) in [6.45, 7) is 7.63. The zero-order chi connectivity index (χ0) is 16.5. The highest BCUT2D eigenvalue weighted by Gasteiger charge is 2.19. The highest BCUT2D eigenvalue weighted by atomic mass is 16.5. The van der Waals surface area contributed by atoms with E-state index >= 15 is 0 Å². The number of hydrogen-bond acceptors (Lipinski definition) is 4. The van der Waals surface area contributed by atoms with Crippen molar-refractivity contribution >= 4 is 11.5 Å². The van der Waals surface area contributed by atoms with Crippen molar-refractivity contribution in [2.75, 3.05) is 31.6 Å². The van der Waals surface area contributed by atoms with E-state index in [4.69, 9.17) is 4.74 Å². The third-order valence-electron chi connectivity index (χ3n) is 4.32. The normalized spacial score (nSPS) is 14.3. The molecule has 0 spiro atoms. The largest absolute Gasteiger partial charge is 0.384 e. The lowest BCUT2D eigenvalue weighted by Gasteiger charge is -2.16. The average Bonchev–Trinajstić information content (AvgIpc) is 3.04. The minimum absolute atomic E-state index is 0.0990. The number of hydrogen-bond donors (Lipinski definition) is 2. The van der Waals surface area contributed by atoms with Crippen molar-refractivity contribution in [1.29, 1.82) is 0 Å². The summed E-state index contributed by atoms with van der Waals surface area (Å²) in [6, 6.07) is 5.93. The molecule has 128 valence electrons. The molecule has 0 fully saturated rings. The van der Waals surface area contributed by atoms with Gasteiger partial charge in [0.2, 0.25) is 0 Å². The molecule has 0 amide bonds. The zero-order valence-corrected chi connectivity index (χ0v) is 14.5. The van der Waals surface area contributed by atoms with Gasteiger partial charge in [-0.15, -0.1) is 0 Å². The van der Waals surface area contributed by atoms with Gasteiger partial charge in [-0.2, -0.15) is 0 Å². The molecule has 0 aromatic heterocycles. The molecular weight excluding hydrogens is 288 g/mol. The Morgan fingerprint density at radius 1 is 1.30 bits per heavy atom. The minimum atomic E-state index is -0.0990. The molecule has 1 heterocycles. The smallest absolute Gasteiger partial charge is 0.179 e. The van der Waals surface area contributed by atoms with Crippen LogP contribution in [0.2, 0.25) is 0 Å². The van der Waals surface area contributed by atoms with Crippen molar-refractivity contribution in [2.45, 2.75) is 52.0 Å². The summed E-state index contributed by atoms with van der Waals surface area (Å²) in [5.41, 5.74) is 3.26. The number of benzene rings is 1. The van der Waals surface area contributed by atoms with Gasteiger partial charge in [-0.25, -0.2) is 0 Å². The molecule has 0 saturated carbocycles. The Hall–Kier alpha value is -1.39. The average molecular weight is 318 g/mol. The van der Waals surface area contributed by atoms with E-state index in [9.17, 15) is 4.79 Å². The Labute approximate surface area is 140 Å². The summed E-state index contributed by atoms with van der Waals surface area (Å²) in [5, 5.41) is 6.71. The van der Waals surface area contributed by atoms with Crippen LogP contribution in [0.15, 0.2) is 18.2 Å². The monoisotopic (exact) mass is 318 g/mol. The number of anilines is 1. The maximum absolute atomic E-state index is 12.7. The SMILES string of the molecule is CCCCOCCCNC(CC)C(=O)c1ccc2c(c1)CCN2. The van der Waals surface area contributed by atoms with E-state index in [-0.39, 0.29) is 11.8 Å². The van der Waals surface area contributed by atoms with Gasteiger partial charge < -0.3 is 15.4 Å². The third-order valence-corrected chi connectivity index (χ3v) is 4.32.